The number of hydrogen-bond donors (Lipinski definition) is 1. The van der Waals surface area contributed by atoms with Crippen molar-refractivity contribution >= 4 is 23.2 Å². The standard InChI is InChI=1S/C18H13ClFN3O2/c1-25-15-3-2-7-22-17(15)13-5-4-11(9-14(13)20)18(24)23-12-6-8-21-16(19)10-12/h2-10H,1H3,(H,21,23,24). The average Bonchev–Trinajstić information content (AvgIpc) is 2.61. The smallest absolute Gasteiger partial charge is 0.255 e. The van der Waals surface area contributed by atoms with Crippen LogP contribution in [0.25, 0.3) is 11.3 Å². The molecule has 0 aliphatic heterocycles. The van der Waals surface area contributed by atoms with E-state index >= 15 is 0 Å². The second-order valence-electron chi connectivity index (χ2n) is 5.07. The van der Waals surface area contributed by atoms with Gasteiger partial charge in [-0.1, -0.05) is 11.6 Å². The maximum atomic E-state index is 14.5. The Balaban J connectivity index is 1.88. The molecule has 7 heteroatoms. The van der Waals surface area contributed by atoms with Crippen LogP contribution in [-0.2, 0) is 0 Å². The Labute approximate surface area is 148 Å². The maximum absolute atomic E-state index is 14.5. The van der Waals surface area contributed by atoms with Crippen LogP contribution in [0, 0.1) is 5.82 Å². The Hall–Kier alpha value is -2.99. The van der Waals surface area contributed by atoms with Gasteiger partial charge in [-0.15, -0.1) is 0 Å². The van der Waals surface area contributed by atoms with Gasteiger partial charge in [0.25, 0.3) is 5.91 Å². The average molecular weight is 358 g/mol. The molecule has 0 fully saturated rings. The molecule has 0 radical (unpaired) electrons. The van der Waals surface area contributed by atoms with Crippen molar-refractivity contribution in [3.05, 3.63) is 71.4 Å². The number of amides is 1. The fourth-order valence-corrected chi connectivity index (χ4v) is 2.46. The molecule has 3 rings (SSSR count). The molecule has 0 aliphatic rings. The summed E-state index contributed by atoms with van der Waals surface area (Å²) in [6.07, 6.45) is 3.01. The van der Waals surface area contributed by atoms with E-state index < -0.39 is 11.7 Å². The Morgan fingerprint density at radius 1 is 1.16 bits per heavy atom. The van der Waals surface area contributed by atoms with Crippen molar-refractivity contribution in [2.45, 2.75) is 0 Å². The first-order valence-electron chi connectivity index (χ1n) is 7.30. The largest absolute Gasteiger partial charge is 0.494 e. The molecule has 1 amide bonds. The minimum atomic E-state index is -0.572. The Bertz CT molecular complexity index is 934. The number of nitrogens with zero attached hydrogens (tertiary/aromatic N) is 2. The lowest BCUT2D eigenvalue weighted by Gasteiger charge is -2.10. The number of hydrogen-bond acceptors (Lipinski definition) is 4. The van der Waals surface area contributed by atoms with E-state index in [-0.39, 0.29) is 16.3 Å². The molecule has 0 saturated carbocycles. The van der Waals surface area contributed by atoms with Gasteiger partial charge in [0.05, 0.1) is 7.11 Å². The van der Waals surface area contributed by atoms with Gasteiger partial charge in [0.1, 0.15) is 22.4 Å². The van der Waals surface area contributed by atoms with Crippen LogP contribution in [0.4, 0.5) is 10.1 Å². The zero-order chi connectivity index (χ0) is 17.8. The number of methoxy groups -OCH3 is 1. The van der Waals surface area contributed by atoms with Gasteiger partial charge in [0, 0.05) is 29.2 Å². The van der Waals surface area contributed by atoms with Crippen molar-refractivity contribution in [2.75, 3.05) is 12.4 Å². The van der Waals surface area contributed by atoms with E-state index in [1.807, 2.05) is 0 Å². The van der Waals surface area contributed by atoms with Crippen LogP contribution in [0.15, 0.2) is 54.9 Å². The topological polar surface area (TPSA) is 64.1 Å². The lowest BCUT2D eigenvalue weighted by atomic mass is 10.1. The number of anilines is 1. The molecule has 126 valence electrons. The van der Waals surface area contributed by atoms with E-state index in [1.54, 1.807) is 24.4 Å². The number of halogens is 2. The summed E-state index contributed by atoms with van der Waals surface area (Å²) in [5, 5.41) is 2.89. The summed E-state index contributed by atoms with van der Waals surface area (Å²) in [6, 6.07) is 10.6. The molecule has 1 N–H and O–H groups in total. The van der Waals surface area contributed by atoms with Gasteiger partial charge in [0.2, 0.25) is 0 Å². The first kappa shape index (κ1) is 16.9. The SMILES string of the molecule is COc1cccnc1-c1ccc(C(=O)Nc2ccnc(Cl)c2)cc1F. The van der Waals surface area contributed by atoms with Gasteiger partial charge in [-0.3, -0.25) is 9.78 Å². The van der Waals surface area contributed by atoms with Gasteiger partial charge in [-0.25, -0.2) is 9.37 Å². The van der Waals surface area contributed by atoms with Crippen LogP contribution in [-0.4, -0.2) is 23.0 Å². The molecule has 0 unspecified atom stereocenters. The van der Waals surface area contributed by atoms with Crippen LogP contribution in [0.2, 0.25) is 5.15 Å². The quantitative estimate of drug-likeness (QED) is 0.711. The summed E-state index contributed by atoms with van der Waals surface area (Å²) in [4.78, 5) is 20.2. The lowest BCUT2D eigenvalue weighted by Crippen LogP contribution is -2.12. The summed E-state index contributed by atoms with van der Waals surface area (Å²) in [5.74, 6) is -0.580. The molecule has 0 aliphatic carbocycles. The number of rotatable bonds is 4. The molecule has 2 heterocycles. The van der Waals surface area contributed by atoms with E-state index in [1.165, 1.54) is 31.5 Å². The summed E-state index contributed by atoms with van der Waals surface area (Å²) in [6.45, 7) is 0. The molecule has 0 atom stereocenters. The molecule has 0 bridgehead atoms. The Morgan fingerprint density at radius 3 is 2.72 bits per heavy atom. The molecule has 2 aromatic heterocycles. The van der Waals surface area contributed by atoms with Gasteiger partial charge in [-0.05, 0) is 42.5 Å². The van der Waals surface area contributed by atoms with Gasteiger partial charge in [-0.2, -0.15) is 0 Å². The van der Waals surface area contributed by atoms with Gasteiger partial charge < -0.3 is 10.1 Å². The fourth-order valence-electron chi connectivity index (χ4n) is 2.29. The highest BCUT2D eigenvalue weighted by Crippen LogP contribution is 2.29. The third-order valence-electron chi connectivity index (χ3n) is 3.46. The first-order valence-corrected chi connectivity index (χ1v) is 7.68. The molecule has 0 saturated heterocycles. The third-order valence-corrected chi connectivity index (χ3v) is 3.67. The second kappa shape index (κ2) is 7.27. The first-order chi connectivity index (χ1) is 12.1. The number of carbonyl (C=O) groups is 1. The van der Waals surface area contributed by atoms with E-state index in [0.717, 1.165) is 6.07 Å². The monoisotopic (exact) mass is 357 g/mol. The van der Waals surface area contributed by atoms with Crippen LogP contribution >= 0.6 is 11.6 Å². The number of pyridine rings is 2. The van der Waals surface area contributed by atoms with Gasteiger partial charge >= 0.3 is 0 Å². The third kappa shape index (κ3) is 3.75. The van der Waals surface area contributed by atoms with Crippen molar-refractivity contribution in [1.82, 2.24) is 9.97 Å². The number of benzene rings is 1. The van der Waals surface area contributed by atoms with Crippen LogP contribution in [0.5, 0.6) is 5.75 Å². The second-order valence-corrected chi connectivity index (χ2v) is 5.46. The zero-order valence-corrected chi connectivity index (χ0v) is 13.9. The van der Waals surface area contributed by atoms with Crippen molar-refractivity contribution < 1.29 is 13.9 Å². The molecular formula is C18H13ClFN3O2. The van der Waals surface area contributed by atoms with Crippen molar-refractivity contribution in [3.8, 4) is 17.0 Å². The molecule has 1 aromatic carbocycles. The minimum absolute atomic E-state index is 0.170. The molecule has 0 spiro atoms. The molecule has 25 heavy (non-hydrogen) atoms. The summed E-state index contributed by atoms with van der Waals surface area (Å²) in [7, 11) is 1.49. The highest BCUT2D eigenvalue weighted by atomic mass is 35.5. The fraction of sp³-hybridized carbons (Fsp3) is 0.0556. The Morgan fingerprint density at radius 2 is 2.00 bits per heavy atom. The van der Waals surface area contributed by atoms with Crippen molar-refractivity contribution in [2.24, 2.45) is 0 Å². The van der Waals surface area contributed by atoms with Crippen molar-refractivity contribution in [1.29, 1.82) is 0 Å². The van der Waals surface area contributed by atoms with E-state index in [2.05, 4.69) is 15.3 Å². The Kier molecular flexibility index (Phi) is 4.90. The summed E-state index contributed by atoms with van der Waals surface area (Å²) >= 11 is 5.78. The lowest BCUT2D eigenvalue weighted by molar-refractivity contribution is 0.102. The minimum Gasteiger partial charge on any atom is -0.494 e. The van der Waals surface area contributed by atoms with Crippen LogP contribution in [0.3, 0.4) is 0 Å². The highest BCUT2D eigenvalue weighted by Gasteiger charge is 2.15. The zero-order valence-electron chi connectivity index (χ0n) is 13.2. The van der Waals surface area contributed by atoms with E-state index in [0.29, 0.717) is 17.1 Å². The highest BCUT2D eigenvalue weighted by molar-refractivity contribution is 6.29. The van der Waals surface area contributed by atoms with Crippen LogP contribution in [0.1, 0.15) is 10.4 Å². The number of carbonyl (C=O) groups excluding carboxylic acids is 1. The maximum Gasteiger partial charge on any atom is 0.255 e. The normalized spacial score (nSPS) is 10.4. The molecule has 5 nitrogen and oxygen atoms in total. The summed E-state index contributed by atoms with van der Waals surface area (Å²) < 4.78 is 19.7. The molecular weight excluding hydrogens is 345 g/mol. The number of aromatic nitrogens is 2. The molecule has 3 aromatic rings. The van der Waals surface area contributed by atoms with Crippen molar-refractivity contribution in [3.63, 3.8) is 0 Å². The van der Waals surface area contributed by atoms with E-state index in [4.69, 9.17) is 16.3 Å². The predicted molar refractivity (Wildman–Crippen MR) is 93.4 cm³/mol. The van der Waals surface area contributed by atoms with Crippen LogP contribution < -0.4 is 10.1 Å². The number of nitrogens with one attached hydrogen (secondary N) is 1. The predicted octanol–water partition coefficient (Wildman–Crippen LogP) is 4.20. The van der Waals surface area contributed by atoms with E-state index in [9.17, 15) is 9.18 Å². The summed E-state index contributed by atoms with van der Waals surface area (Å²) in [5.41, 5.74) is 1.27. The van der Waals surface area contributed by atoms with Gasteiger partial charge in [0.15, 0.2) is 0 Å². The number of ether oxygens (including phenoxy) is 1.